The van der Waals surface area contributed by atoms with Gasteiger partial charge in [0.05, 0.1) is 6.04 Å². The van der Waals surface area contributed by atoms with Gasteiger partial charge in [0.25, 0.3) is 0 Å². The summed E-state index contributed by atoms with van der Waals surface area (Å²) in [7, 11) is 0. The Morgan fingerprint density at radius 1 is 1.37 bits per heavy atom. The number of amides is 1. The van der Waals surface area contributed by atoms with Gasteiger partial charge < -0.3 is 5.32 Å². The van der Waals surface area contributed by atoms with Gasteiger partial charge in [-0.3, -0.25) is 10.1 Å². The van der Waals surface area contributed by atoms with E-state index in [2.05, 4.69) is 34.9 Å². The lowest BCUT2D eigenvalue weighted by Gasteiger charge is -2.13. The summed E-state index contributed by atoms with van der Waals surface area (Å²) in [6.45, 7) is 0. The first-order valence-electron chi connectivity index (χ1n) is 6.54. The van der Waals surface area contributed by atoms with Crippen LogP contribution in [0.15, 0.2) is 24.3 Å². The van der Waals surface area contributed by atoms with Crippen molar-refractivity contribution < 1.29 is 4.79 Å². The molecule has 4 unspecified atom stereocenters. The van der Waals surface area contributed by atoms with Gasteiger partial charge >= 0.3 is 0 Å². The van der Waals surface area contributed by atoms with Crippen LogP contribution in [0.1, 0.15) is 17.0 Å². The number of fused-ring (bicyclic) bond motifs is 3. The number of halogens is 1. The van der Waals surface area contributed by atoms with Gasteiger partial charge in [0.15, 0.2) is 0 Å². The van der Waals surface area contributed by atoms with Gasteiger partial charge in [0, 0.05) is 23.6 Å². The Morgan fingerprint density at radius 2 is 2.21 bits per heavy atom. The van der Waals surface area contributed by atoms with E-state index in [9.17, 15) is 4.79 Å². The molecular weight excluding hydrogens is 280 g/mol. The van der Waals surface area contributed by atoms with E-state index in [0.717, 1.165) is 18.1 Å². The molecule has 1 aromatic carbocycles. The van der Waals surface area contributed by atoms with Crippen LogP contribution in [0.25, 0.3) is 0 Å². The first-order valence-corrected chi connectivity index (χ1v) is 7.69. The second kappa shape index (κ2) is 5.00. The third-order valence-corrected chi connectivity index (χ3v) is 5.32. The Balaban J connectivity index is 0.00000110. The van der Waals surface area contributed by atoms with Crippen molar-refractivity contribution in [1.82, 2.24) is 10.6 Å². The highest BCUT2D eigenvalue weighted by atomic mass is 35.5. The zero-order valence-corrected chi connectivity index (χ0v) is 12.1. The standard InChI is InChI=1S/C14H16N2OS.ClH/c17-14(11-6-18-7-15-11)16-13-10-5-8-3-1-2-4-9(8)12(10)13;/h1-4,10-13,15H,5-7H2,(H,16,17);1H. The van der Waals surface area contributed by atoms with Gasteiger partial charge in [-0.15, -0.1) is 24.2 Å². The molecule has 3 aliphatic rings. The Labute approximate surface area is 123 Å². The van der Waals surface area contributed by atoms with Crippen LogP contribution in [0, 0.1) is 5.92 Å². The van der Waals surface area contributed by atoms with E-state index in [0.29, 0.717) is 17.9 Å². The molecule has 19 heavy (non-hydrogen) atoms. The average molecular weight is 297 g/mol. The fourth-order valence-corrected chi connectivity index (χ4v) is 4.32. The number of rotatable bonds is 2. The third-order valence-electron chi connectivity index (χ3n) is 4.38. The summed E-state index contributed by atoms with van der Waals surface area (Å²) in [5.41, 5.74) is 2.94. The highest BCUT2D eigenvalue weighted by Gasteiger charge is 2.56. The minimum absolute atomic E-state index is 0. The summed E-state index contributed by atoms with van der Waals surface area (Å²) in [4.78, 5) is 12.1. The summed E-state index contributed by atoms with van der Waals surface area (Å²) >= 11 is 1.80. The molecule has 1 heterocycles. The van der Waals surface area contributed by atoms with Gasteiger partial charge in [-0.2, -0.15) is 0 Å². The molecule has 3 nitrogen and oxygen atoms in total. The molecule has 2 N–H and O–H groups in total. The molecule has 4 rings (SSSR count). The van der Waals surface area contributed by atoms with Gasteiger partial charge in [0.2, 0.25) is 5.91 Å². The van der Waals surface area contributed by atoms with E-state index in [-0.39, 0.29) is 24.4 Å². The number of carbonyl (C=O) groups is 1. The second-order valence-corrected chi connectivity index (χ2v) is 6.43. The number of benzene rings is 1. The fourth-order valence-electron chi connectivity index (χ4n) is 3.38. The monoisotopic (exact) mass is 296 g/mol. The van der Waals surface area contributed by atoms with Crippen molar-refractivity contribution in [2.24, 2.45) is 5.92 Å². The van der Waals surface area contributed by atoms with Gasteiger partial charge in [-0.1, -0.05) is 24.3 Å². The molecule has 1 amide bonds. The quantitative estimate of drug-likeness (QED) is 0.869. The Morgan fingerprint density at radius 3 is 3.00 bits per heavy atom. The lowest BCUT2D eigenvalue weighted by Crippen LogP contribution is -2.43. The predicted molar refractivity (Wildman–Crippen MR) is 79.8 cm³/mol. The van der Waals surface area contributed by atoms with Crippen molar-refractivity contribution in [3.05, 3.63) is 35.4 Å². The van der Waals surface area contributed by atoms with E-state index in [1.54, 1.807) is 11.8 Å². The van der Waals surface area contributed by atoms with E-state index in [1.165, 1.54) is 11.1 Å². The van der Waals surface area contributed by atoms with Crippen molar-refractivity contribution in [2.75, 3.05) is 11.6 Å². The lowest BCUT2D eigenvalue weighted by atomic mass is 10.1. The van der Waals surface area contributed by atoms with E-state index < -0.39 is 0 Å². The first-order chi connectivity index (χ1) is 8.84. The van der Waals surface area contributed by atoms with Gasteiger partial charge in [-0.05, 0) is 23.5 Å². The average Bonchev–Trinajstić information content (AvgIpc) is 2.85. The molecule has 1 saturated heterocycles. The van der Waals surface area contributed by atoms with Crippen LogP contribution in [0.4, 0.5) is 0 Å². The van der Waals surface area contributed by atoms with Crippen molar-refractivity contribution in [3.63, 3.8) is 0 Å². The van der Waals surface area contributed by atoms with Crippen LogP contribution in [-0.4, -0.2) is 29.6 Å². The Kier molecular flexibility index (Phi) is 3.50. The molecule has 2 fully saturated rings. The predicted octanol–water partition coefficient (Wildman–Crippen LogP) is 1.53. The van der Waals surface area contributed by atoms with Crippen molar-refractivity contribution in [2.45, 2.75) is 24.4 Å². The summed E-state index contributed by atoms with van der Waals surface area (Å²) in [5, 5.41) is 6.45. The molecule has 0 radical (unpaired) electrons. The highest BCUT2D eigenvalue weighted by molar-refractivity contribution is 7.99. The summed E-state index contributed by atoms with van der Waals surface area (Å²) in [6, 6.07) is 9.06. The molecule has 102 valence electrons. The Bertz CT molecular complexity index is 504. The fraction of sp³-hybridized carbons (Fsp3) is 0.500. The van der Waals surface area contributed by atoms with Crippen LogP contribution in [0.3, 0.4) is 0 Å². The zero-order valence-electron chi connectivity index (χ0n) is 10.5. The molecule has 1 saturated carbocycles. The largest absolute Gasteiger partial charge is 0.351 e. The van der Waals surface area contributed by atoms with E-state index in [4.69, 9.17) is 0 Å². The first kappa shape index (κ1) is 13.3. The smallest absolute Gasteiger partial charge is 0.238 e. The zero-order chi connectivity index (χ0) is 12.1. The number of carbonyl (C=O) groups excluding carboxylic acids is 1. The summed E-state index contributed by atoms with van der Waals surface area (Å²) in [5.74, 6) is 3.24. The van der Waals surface area contributed by atoms with E-state index >= 15 is 0 Å². The molecule has 1 aliphatic heterocycles. The lowest BCUT2D eigenvalue weighted by molar-refractivity contribution is -0.122. The Hall–Kier alpha value is -0.710. The van der Waals surface area contributed by atoms with Gasteiger partial charge in [0.1, 0.15) is 0 Å². The number of nitrogens with one attached hydrogen (secondary N) is 2. The van der Waals surface area contributed by atoms with Crippen LogP contribution in [0.5, 0.6) is 0 Å². The normalized spacial score (nSPS) is 34.1. The van der Waals surface area contributed by atoms with E-state index in [1.807, 2.05) is 0 Å². The molecule has 0 aromatic heterocycles. The minimum atomic E-state index is 0. The maximum Gasteiger partial charge on any atom is 0.238 e. The second-order valence-electron chi connectivity index (χ2n) is 5.40. The molecule has 5 heteroatoms. The topological polar surface area (TPSA) is 41.1 Å². The molecule has 4 atom stereocenters. The maximum atomic E-state index is 12.1. The number of thioether (sulfide) groups is 1. The maximum absolute atomic E-state index is 12.1. The minimum Gasteiger partial charge on any atom is -0.351 e. The van der Waals surface area contributed by atoms with Crippen molar-refractivity contribution >= 4 is 30.1 Å². The molecule has 0 bridgehead atoms. The van der Waals surface area contributed by atoms with Crippen LogP contribution >= 0.6 is 24.2 Å². The molecule has 1 aromatic rings. The van der Waals surface area contributed by atoms with Gasteiger partial charge in [-0.25, -0.2) is 0 Å². The van der Waals surface area contributed by atoms with Crippen LogP contribution in [0.2, 0.25) is 0 Å². The third kappa shape index (κ3) is 2.16. The van der Waals surface area contributed by atoms with Crippen LogP contribution in [-0.2, 0) is 11.2 Å². The van der Waals surface area contributed by atoms with Crippen molar-refractivity contribution in [1.29, 1.82) is 0 Å². The number of hydrogen-bond donors (Lipinski definition) is 2. The molecule has 0 spiro atoms. The number of hydrogen-bond acceptors (Lipinski definition) is 3. The van der Waals surface area contributed by atoms with Crippen LogP contribution < -0.4 is 10.6 Å². The molecular formula is C14H17ClN2OS. The van der Waals surface area contributed by atoms with Crippen molar-refractivity contribution in [3.8, 4) is 0 Å². The molecule has 2 aliphatic carbocycles. The summed E-state index contributed by atoms with van der Waals surface area (Å²) < 4.78 is 0. The summed E-state index contributed by atoms with van der Waals surface area (Å²) in [6.07, 6.45) is 1.14. The SMILES string of the molecule is Cl.O=C(NC1C2Cc3ccccc3C21)C1CSCN1. The highest BCUT2D eigenvalue weighted by Crippen LogP contribution is 2.56.